The molecule has 168 valence electrons. The molecule has 0 amide bonds. The number of rotatable bonds is 8. The van der Waals surface area contributed by atoms with Crippen molar-refractivity contribution in [1.82, 2.24) is 0 Å². The summed E-state index contributed by atoms with van der Waals surface area (Å²) >= 11 is 0. The topological polar surface area (TPSA) is 82.1 Å². The number of halogens is 1. The Labute approximate surface area is 186 Å². The number of anilines is 1. The molecule has 3 aromatic rings. The summed E-state index contributed by atoms with van der Waals surface area (Å²) in [7, 11) is 0.349. The molecule has 0 unspecified atom stereocenters. The number of sulfonamides is 1. The molecule has 3 aromatic carbocycles. The van der Waals surface area contributed by atoms with Gasteiger partial charge in [-0.3, -0.25) is 4.31 Å². The largest absolute Gasteiger partial charge is 0.495 e. The van der Waals surface area contributed by atoms with Crippen molar-refractivity contribution < 1.29 is 31.8 Å². The van der Waals surface area contributed by atoms with Crippen LogP contribution in [0.2, 0.25) is 0 Å². The van der Waals surface area contributed by atoms with E-state index in [1.165, 1.54) is 57.7 Å². The van der Waals surface area contributed by atoms with E-state index in [0.717, 1.165) is 4.31 Å². The summed E-state index contributed by atoms with van der Waals surface area (Å²) in [6.45, 7) is -0.143. The summed E-state index contributed by atoms with van der Waals surface area (Å²) in [4.78, 5) is 12.3. The molecule has 32 heavy (non-hydrogen) atoms. The zero-order valence-corrected chi connectivity index (χ0v) is 18.6. The molecule has 0 fully saturated rings. The number of para-hydroxylation sites is 2. The maximum atomic E-state index is 13.8. The summed E-state index contributed by atoms with van der Waals surface area (Å²) in [5.41, 5.74) is 0.998. The van der Waals surface area contributed by atoms with Gasteiger partial charge in [-0.25, -0.2) is 17.6 Å². The first-order valence-corrected chi connectivity index (χ1v) is 10.9. The van der Waals surface area contributed by atoms with Gasteiger partial charge < -0.3 is 14.2 Å². The maximum Gasteiger partial charge on any atom is 0.338 e. The first-order valence-electron chi connectivity index (χ1n) is 9.49. The smallest absolute Gasteiger partial charge is 0.338 e. The lowest BCUT2D eigenvalue weighted by molar-refractivity contribution is 0.0472. The Morgan fingerprint density at radius 3 is 2.22 bits per heavy atom. The van der Waals surface area contributed by atoms with Crippen molar-refractivity contribution in [3.05, 3.63) is 83.7 Å². The van der Waals surface area contributed by atoms with E-state index in [1.54, 1.807) is 30.3 Å². The number of methoxy groups -OCH3 is 2. The van der Waals surface area contributed by atoms with Crippen LogP contribution in [-0.2, 0) is 21.4 Å². The second kappa shape index (κ2) is 9.69. The molecule has 0 saturated carbocycles. The molecule has 0 N–H and O–H groups in total. The van der Waals surface area contributed by atoms with E-state index in [-0.39, 0.29) is 22.8 Å². The predicted octanol–water partition coefficient (Wildman–Crippen LogP) is 4.03. The Kier molecular flexibility index (Phi) is 6.99. The van der Waals surface area contributed by atoms with Crippen molar-refractivity contribution >= 4 is 21.7 Å². The minimum absolute atomic E-state index is 0.000295. The number of nitrogens with zero attached hydrogens (tertiary/aromatic N) is 1. The monoisotopic (exact) mass is 459 g/mol. The van der Waals surface area contributed by atoms with Crippen molar-refractivity contribution in [2.75, 3.05) is 25.6 Å². The van der Waals surface area contributed by atoms with Crippen LogP contribution < -0.4 is 13.8 Å². The van der Waals surface area contributed by atoms with E-state index in [2.05, 4.69) is 0 Å². The first-order chi connectivity index (χ1) is 15.3. The number of benzene rings is 3. The van der Waals surface area contributed by atoms with Gasteiger partial charge in [0.05, 0.1) is 30.4 Å². The SMILES string of the molecule is COc1ccc(COC(=O)c2ccc(S(=O)(=O)N(C)c3ccccc3OC)cc2)cc1F. The van der Waals surface area contributed by atoms with Gasteiger partial charge in [-0.15, -0.1) is 0 Å². The van der Waals surface area contributed by atoms with Crippen LogP contribution >= 0.6 is 0 Å². The van der Waals surface area contributed by atoms with E-state index < -0.39 is 21.8 Å². The molecule has 0 aromatic heterocycles. The summed E-state index contributed by atoms with van der Waals surface area (Å²) < 4.78 is 56.1. The first kappa shape index (κ1) is 23.1. The van der Waals surface area contributed by atoms with Gasteiger partial charge in [0.2, 0.25) is 0 Å². The van der Waals surface area contributed by atoms with Gasteiger partial charge in [0.15, 0.2) is 11.6 Å². The number of ether oxygens (including phenoxy) is 3. The number of esters is 1. The van der Waals surface area contributed by atoms with Crippen LogP contribution in [0.4, 0.5) is 10.1 Å². The fraction of sp³-hybridized carbons (Fsp3) is 0.174. The van der Waals surface area contributed by atoms with Gasteiger partial charge in [0.1, 0.15) is 12.4 Å². The van der Waals surface area contributed by atoms with Gasteiger partial charge in [-0.1, -0.05) is 18.2 Å². The van der Waals surface area contributed by atoms with E-state index in [0.29, 0.717) is 17.0 Å². The van der Waals surface area contributed by atoms with Crippen LogP contribution in [0.15, 0.2) is 71.6 Å². The molecule has 0 aliphatic carbocycles. The van der Waals surface area contributed by atoms with Crippen molar-refractivity contribution in [2.45, 2.75) is 11.5 Å². The standard InChI is InChI=1S/C23H22FNO6S/c1-25(20-6-4-5-7-22(20)30-3)32(27,28)18-11-9-17(10-12-18)23(26)31-15-16-8-13-21(29-2)19(24)14-16/h4-14H,15H2,1-3H3. The summed E-state index contributed by atoms with van der Waals surface area (Å²) in [5, 5.41) is 0. The zero-order chi connectivity index (χ0) is 23.3. The third-order valence-corrected chi connectivity index (χ3v) is 6.54. The Hall–Kier alpha value is -3.59. The molecular formula is C23H22FNO6S. The highest BCUT2D eigenvalue weighted by molar-refractivity contribution is 7.92. The highest BCUT2D eigenvalue weighted by Crippen LogP contribution is 2.31. The van der Waals surface area contributed by atoms with Crippen LogP contribution in [0, 0.1) is 5.82 Å². The number of carbonyl (C=O) groups is 1. The van der Waals surface area contributed by atoms with Crippen LogP contribution in [0.1, 0.15) is 15.9 Å². The fourth-order valence-electron chi connectivity index (χ4n) is 2.97. The summed E-state index contributed by atoms with van der Waals surface area (Å²) in [6.07, 6.45) is 0. The zero-order valence-electron chi connectivity index (χ0n) is 17.7. The summed E-state index contributed by atoms with van der Waals surface area (Å²) in [5.74, 6) is -0.721. The van der Waals surface area contributed by atoms with Crippen molar-refractivity contribution in [3.63, 3.8) is 0 Å². The Morgan fingerprint density at radius 2 is 1.59 bits per heavy atom. The third-order valence-electron chi connectivity index (χ3n) is 4.76. The van der Waals surface area contributed by atoms with Gasteiger partial charge in [0.25, 0.3) is 10.0 Å². The minimum atomic E-state index is -3.89. The lowest BCUT2D eigenvalue weighted by Gasteiger charge is -2.21. The maximum absolute atomic E-state index is 13.8. The minimum Gasteiger partial charge on any atom is -0.495 e. The molecule has 0 atom stereocenters. The summed E-state index contributed by atoms with van der Waals surface area (Å²) in [6, 6.07) is 16.3. The van der Waals surface area contributed by atoms with Crippen molar-refractivity contribution in [1.29, 1.82) is 0 Å². The van der Waals surface area contributed by atoms with Gasteiger partial charge in [0, 0.05) is 7.05 Å². The molecule has 0 spiro atoms. The molecule has 0 saturated heterocycles. The molecule has 0 bridgehead atoms. The van der Waals surface area contributed by atoms with Crippen LogP contribution in [0.5, 0.6) is 11.5 Å². The van der Waals surface area contributed by atoms with Crippen LogP contribution in [0.3, 0.4) is 0 Å². The number of carbonyl (C=O) groups excluding carboxylic acids is 1. The third kappa shape index (κ3) is 4.83. The molecule has 0 aliphatic heterocycles. The average Bonchev–Trinajstić information content (AvgIpc) is 2.82. The molecule has 9 heteroatoms. The van der Waals surface area contributed by atoms with Crippen LogP contribution in [0.25, 0.3) is 0 Å². The molecule has 3 rings (SSSR count). The quantitative estimate of drug-likeness (QED) is 0.473. The highest BCUT2D eigenvalue weighted by atomic mass is 32.2. The second-order valence-corrected chi connectivity index (χ2v) is 8.68. The van der Waals surface area contributed by atoms with Crippen molar-refractivity contribution in [3.8, 4) is 11.5 Å². The highest BCUT2D eigenvalue weighted by Gasteiger charge is 2.24. The van der Waals surface area contributed by atoms with E-state index in [4.69, 9.17) is 14.2 Å². The van der Waals surface area contributed by atoms with E-state index in [9.17, 15) is 17.6 Å². The Bertz CT molecular complexity index is 1210. The van der Waals surface area contributed by atoms with E-state index in [1.807, 2.05) is 0 Å². The molecule has 0 radical (unpaired) electrons. The molecule has 0 heterocycles. The van der Waals surface area contributed by atoms with Crippen LogP contribution in [-0.4, -0.2) is 35.7 Å². The van der Waals surface area contributed by atoms with Gasteiger partial charge >= 0.3 is 5.97 Å². The molecule has 7 nitrogen and oxygen atoms in total. The second-order valence-electron chi connectivity index (χ2n) is 6.71. The average molecular weight is 459 g/mol. The number of hydrogen-bond acceptors (Lipinski definition) is 6. The molecular weight excluding hydrogens is 437 g/mol. The Morgan fingerprint density at radius 1 is 0.938 bits per heavy atom. The normalized spacial score (nSPS) is 11.0. The fourth-order valence-corrected chi connectivity index (χ4v) is 4.18. The van der Waals surface area contributed by atoms with Gasteiger partial charge in [-0.2, -0.15) is 0 Å². The van der Waals surface area contributed by atoms with Crippen molar-refractivity contribution in [2.24, 2.45) is 0 Å². The lowest BCUT2D eigenvalue weighted by Crippen LogP contribution is -2.27. The Balaban J connectivity index is 1.72. The van der Waals surface area contributed by atoms with Gasteiger partial charge in [-0.05, 0) is 54.1 Å². The van der Waals surface area contributed by atoms with E-state index >= 15 is 0 Å². The predicted molar refractivity (Wildman–Crippen MR) is 117 cm³/mol. The lowest BCUT2D eigenvalue weighted by atomic mass is 10.2. The number of hydrogen-bond donors (Lipinski definition) is 0. The molecule has 0 aliphatic rings.